The van der Waals surface area contributed by atoms with Gasteiger partial charge in [0.15, 0.2) is 12.6 Å². The number of amides is 1. The standard InChI is InChI=1S/C58H104N2O10/c1-6-10-14-25-45-66-56(67-46-26-15-11-7-2)37-35-54(61)64-43-29-19-23-33-53(60(49-51-39-41-59(5)42-40-51)58(63)70-50-52-31-21-18-22-32-52)34-24-20-30-44-65-55(62)36-38-57(68-47-27-16-12-8-3)69-48-28-17-13-9-4/h18,21-22,31-32,51,53,56-57H,6-17,19-20,23-30,33-50H2,1-5H3. The van der Waals surface area contributed by atoms with Gasteiger partial charge in [0.2, 0.25) is 0 Å². The van der Waals surface area contributed by atoms with E-state index in [4.69, 9.17) is 33.2 Å². The van der Waals surface area contributed by atoms with Crippen LogP contribution >= 0.6 is 0 Å². The summed E-state index contributed by atoms with van der Waals surface area (Å²) in [6, 6.07) is 9.89. The summed E-state index contributed by atoms with van der Waals surface area (Å²) >= 11 is 0. The number of piperidine rings is 1. The molecule has 0 bridgehead atoms. The predicted octanol–water partition coefficient (Wildman–Crippen LogP) is 14.1. The van der Waals surface area contributed by atoms with Crippen LogP contribution in [0.1, 0.15) is 226 Å². The molecule has 0 radical (unpaired) electrons. The highest BCUT2D eigenvalue weighted by molar-refractivity contribution is 5.69. The summed E-state index contributed by atoms with van der Waals surface area (Å²) in [7, 11) is 2.17. The molecule has 406 valence electrons. The molecule has 0 aromatic heterocycles. The number of hydrogen-bond donors (Lipinski definition) is 0. The molecule has 1 aliphatic heterocycles. The zero-order chi connectivity index (χ0) is 50.5. The fourth-order valence-electron chi connectivity index (χ4n) is 8.86. The van der Waals surface area contributed by atoms with E-state index in [1.165, 1.54) is 51.4 Å². The zero-order valence-electron chi connectivity index (χ0n) is 45.5. The smallest absolute Gasteiger partial charge is 0.410 e. The van der Waals surface area contributed by atoms with E-state index in [9.17, 15) is 14.4 Å². The number of ether oxygens (including phenoxy) is 7. The van der Waals surface area contributed by atoms with Crippen molar-refractivity contribution in [2.75, 3.05) is 66.3 Å². The van der Waals surface area contributed by atoms with Crippen LogP contribution < -0.4 is 0 Å². The summed E-state index contributed by atoms with van der Waals surface area (Å²) in [5, 5.41) is 0. The lowest BCUT2D eigenvalue weighted by molar-refractivity contribution is -0.159. The number of esters is 2. The van der Waals surface area contributed by atoms with Gasteiger partial charge in [-0.05, 0) is 109 Å². The van der Waals surface area contributed by atoms with E-state index in [2.05, 4.69) is 39.6 Å². The molecule has 12 nitrogen and oxygen atoms in total. The first kappa shape index (κ1) is 63.3. The number of likely N-dealkylation sites (tertiary alicyclic amines) is 1. The van der Waals surface area contributed by atoms with Gasteiger partial charge in [-0.15, -0.1) is 0 Å². The molecule has 0 N–H and O–H groups in total. The Morgan fingerprint density at radius 1 is 0.514 bits per heavy atom. The highest BCUT2D eigenvalue weighted by Gasteiger charge is 2.29. The van der Waals surface area contributed by atoms with Gasteiger partial charge in [-0.1, -0.05) is 148 Å². The molecular formula is C58H104N2O10. The van der Waals surface area contributed by atoms with Gasteiger partial charge in [0.25, 0.3) is 0 Å². The molecule has 0 unspecified atom stereocenters. The highest BCUT2D eigenvalue weighted by atomic mass is 16.7. The third-order valence-corrected chi connectivity index (χ3v) is 13.4. The number of benzene rings is 1. The van der Waals surface area contributed by atoms with Crippen LogP contribution in [-0.2, 0) is 49.4 Å². The minimum absolute atomic E-state index is 0.00906. The first-order valence-electron chi connectivity index (χ1n) is 28.7. The van der Waals surface area contributed by atoms with Gasteiger partial charge in [-0.2, -0.15) is 0 Å². The number of unbranched alkanes of at least 4 members (excludes halogenated alkanes) is 16. The van der Waals surface area contributed by atoms with Gasteiger partial charge in [0.1, 0.15) is 6.61 Å². The molecule has 0 spiro atoms. The monoisotopic (exact) mass is 989 g/mol. The Kier molecular flexibility index (Phi) is 40.6. The average molecular weight is 989 g/mol. The third kappa shape index (κ3) is 34.6. The molecule has 1 aromatic carbocycles. The van der Waals surface area contributed by atoms with Crippen molar-refractivity contribution in [2.24, 2.45) is 5.92 Å². The van der Waals surface area contributed by atoms with Crippen LogP contribution in [0.2, 0.25) is 0 Å². The number of rotatable bonds is 47. The molecule has 12 heteroatoms. The molecule has 1 amide bonds. The van der Waals surface area contributed by atoms with Gasteiger partial charge < -0.3 is 43.0 Å². The fraction of sp³-hybridized carbons (Fsp3) is 0.845. The second kappa shape index (κ2) is 44.9. The molecule has 1 fully saturated rings. The topological polar surface area (TPSA) is 122 Å². The van der Waals surface area contributed by atoms with Crippen molar-refractivity contribution in [1.29, 1.82) is 0 Å². The minimum atomic E-state index is -0.377. The van der Waals surface area contributed by atoms with Gasteiger partial charge in [0, 0.05) is 51.9 Å². The largest absolute Gasteiger partial charge is 0.466 e. The first-order chi connectivity index (χ1) is 34.3. The van der Waals surface area contributed by atoms with Crippen LogP contribution in [0, 0.1) is 5.92 Å². The maximum absolute atomic E-state index is 14.1. The average Bonchev–Trinajstić information content (AvgIpc) is 3.37. The normalized spacial score (nSPS) is 13.4. The zero-order valence-corrected chi connectivity index (χ0v) is 45.5. The van der Waals surface area contributed by atoms with Crippen LogP contribution in [0.3, 0.4) is 0 Å². The van der Waals surface area contributed by atoms with Crippen molar-refractivity contribution in [3.63, 3.8) is 0 Å². The Bertz CT molecular complexity index is 1270. The highest BCUT2D eigenvalue weighted by Crippen LogP contribution is 2.25. The molecule has 1 saturated heterocycles. The van der Waals surface area contributed by atoms with Crippen LogP contribution in [0.4, 0.5) is 4.79 Å². The Hall–Kier alpha value is -2.77. The molecule has 1 aromatic rings. The van der Waals surface area contributed by atoms with E-state index in [-0.39, 0.29) is 56.1 Å². The number of nitrogens with zero attached hydrogens (tertiary/aromatic N) is 2. The van der Waals surface area contributed by atoms with Crippen molar-refractivity contribution in [2.45, 2.75) is 246 Å². The van der Waals surface area contributed by atoms with Crippen molar-refractivity contribution in [3.05, 3.63) is 35.9 Å². The predicted molar refractivity (Wildman–Crippen MR) is 283 cm³/mol. The van der Waals surface area contributed by atoms with E-state index >= 15 is 0 Å². The van der Waals surface area contributed by atoms with Gasteiger partial charge in [-0.25, -0.2) is 4.79 Å². The molecule has 1 heterocycles. The fourth-order valence-corrected chi connectivity index (χ4v) is 8.86. The quantitative estimate of drug-likeness (QED) is 0.0268. The Morgan fingerprint density at radius 3 is 1.33 bits per heavy atom. The summed E-state index contributed by atoms with van der Waals surface area (Å²) in [5.74, 6) is -0.00896. The van der Waals surface area contributed by atoms with E-state index < -0.39 is 0 Å². The van der Waals surface area contributed by atoms with Crippen LogP contribution in [0.5, 0.6) is 0 Å². The summed E-state index contributed by atoms with van der Waals surface area (Å²) in [4.78, 5) is 44.1. The van der Waals surface area contributed by atoms with E-state index in [0.29, 0.717) is 64.9 Å². The summed E-state index contributed by atoms with van der Waals surface area (Å²) in [5.41, 5.74) is 0.969. The molecule has 0 atom stereocenters. The second-order valence-corrected chi connectivity index (χ2v) is 19.9. The third-order valence-electron chi connectivity index (χ3n) is 13.4. The van der Waals surface area contributed by atoms with Crippen LogP contribution in [0.25, 0.3) is 0 Å². The lowest BCUT2D eigenvalue weighted by Crippen LogP contribution is -2.45. The van der Waals surface area contributed by atoms with Crippen molar-refractivity contribution < 1.29 is 47.5 Å². The number of hydrogen-bond acceptors (Lipinski definition) is 11. The molecular weight excluding hydrogens is 885 g/mol. The number of carbonyl (C=O) groups is 3. The SMILES string of the molecule is CCCCCCOC(CCC(=O)OCCCCCC(CCCCCOC(=O)CCC(OCCCCCC)OCCCCCC)N(CC1CCN(C)CC1)C(=O)OCc1ccccc1)OCCCCCC. The van der Waals surface area contributed by atoms with Gasteiger partial charge in [-0.3, -0.25) is 9.59 Å². The molecule has 1 aliphatic rings. The molecule has 2 rings (SSSR count). The second-order valence-electron chi connectivity index (χ2n) is 19.9. The summed E-state index contributed by atoms with van der Waals surface area (Å²) < 4.78 is 41.7. The van der Waals surface area contributed by atoms with Crippen molar-refractivity contribution in [3.8, 4) is 0 Å². The van der Waals surface area contributed by atoms with Crippen LogP contribution in [0.15, 0.2) is 30.3 Å². The molecule has 0 saturated carbocycles. The lowest BCUT2D eigenvalue weighted by atomic mass is 9.94. The van der Waals surface area contributed by atoms with E-state index in [0.717, 1.165) is 134 Å². The Morgan fingerprint density at radius 2 is 0.914 bits per heavy atom. The van der Waals surface area contributed by atoms with Crippen LogP contribution in [-0.4, -0.2) is 113 Å². The Balaban J connectivity index is 1.94. The van der Waals surface area contributed by atoms with Crippen molar-refractivity contribution in [1.82, 2.24) is 9.80 Å². The van der Waals surface area contributed by atoms with E-state index in [1.54, 1.807) is 0 Å². The Labute approximate surface area is 427 Å². The van der Waals surface area contributed by atoms with Gasteiger partial charge >= 0.3 is 18.0 Å². The lowest BCUT2D eigenvalue weighted by Gasteiger charge is -2.37. The maximum Gasteiger partial charge on any atom is 0.410 e. The summed E-state index contributed by atoms with van der Waals surface area (Å²) in [6.07, 6.45) is 27.5. The maximum atomic E-state index is 14.1. The molecule has 70 heavy (non-hydrogen) atoms. The van der Waals surface area contributed by atoms with Crippen molar-refractivity contribution >= 4 is 18.0 Å². The number of carbonyl (C=O) groups excluding carboxylic acids is 3. The minimum Gasteiger partial charge on any atom is -0.466 e. The van der Waals surface area contributed by atoms with E-state index in [1.807, 2.05) is 35.2 Å². The first-order valence-corrected chi connectivity index (χ1v) is 28.7. The summed E-state index contributed by atoms with van der Waals surface area (Å²) in [6.45, 7) is 15.1. The molecule has 0 aliphatic carbocycles. The van der Waals surface area contributed by atoms with Gasteiger partial charge in [0.05, 0.1) is 26.1 Å².